The van der Waals surface area contributed by atoms with E-state index in [1.807, 2.05) is 37.4 Å². The van der Waals surface area contributed by atoms with Crippen molar-refractivity contribution in [2.24, 2.45) is 7.05 Å². The first-order valence-electron chi connectivity index (χ1n) is 6.36. The molecule has 2 N–H and O–H groups in total. The minimum atomic E-state index is -0.193. The van der Waals surface area contributed by atoms with Crippen LogP contribution in [0.25, 0.3) is 6.08 Å². The van der Waals surface area contributed by atoms with E-state index in [-0.39, 0.29) is 12.5 Å². The van der Waals surface area contributed by atoms with Gasteiger partial charge in [-0.25, -0.2) is 0 Å². The molecule has 0 saturated heterocycles. The van der Waals surface area contributed by atoms with Crippen molar-refractivity contribution in [1.82, 2.24) is 9.78 Å². The number of carbonyl (C=O) groups is 1. The van der Waals surface area contributed by atoms with Crippen LogP contribution in [0.3, 0.4) is 0 Å². The van der Waals surface area contributed by atoms with Gasteiger partial charge in [0, 0.05) is 31.6 Å². The second-order valence-corrected chi connectivity index (χ2v) is 4.37. The molecular formula is C15H17N3O2. The molecule has 1 amide bonds. The number of carbonyl (C=O) groups excluding carboxylic acids is 1. The van der Waals surface area contributed by atoms with Crippen LogP contribution >= 0.6 is 0 Å². The summed E-state index contributed by atoms with van der Waals surface area (Å²) >= 11 is 0. The van der Waals surface area contributed by atoms with Crippen molar-refractivity contribution in [3.05, 3.63) is 53.9 Å². The summed E-state index contributed by atoms with van der Waals surface area (Å²) in [7, 11) is 1.82. The fourth-order valence-electron chi connectivity index (χ4n) is 1.78. The Morgan fingerprint density at radius 3 is 2.70 bits per heavy atom. The van der Waals surface area contributed by atoms with E-state index in [4.69, 9.17) is 5.11 Å². The minimum absolute atomic E-state index is 0.124. The van der Waals surface area contributed by atoms with E-state index >= 15 is 0 Å². The largest absolute Gasteiger partial charge is 0.396 e. The summed E-state index contributed by atoms with van der Waals surface area (Å²) in [5.41, 5.74) is 2.63. The third kappa shape index (κ3) is 3.80. The van der Waals surface area contributed by atoms with Crippen molar-refractivity contribution in [3.8, 4) is 0 Å². The lowest BCUT2D eigenvalue weighted by atomic mass is 10.1. The Labute approximate surface area is 117 Å². The second kappa shape index (κ2) is 6.68. The van der Waals surface area contributed by atoms with Gasteiger partial charge in [0.1, 0.15) is 0 Å². The molecule has 0 fully saturated rings. The van der Waals surface area contributed by atoms with Gasteiger partial charge >= 0.3 is 0 Å². The maximum atomic E-state index is 11.8. The predicted octanol–water partition coefficient (Wildman–Crippen LogP) is 1.61. The van der Waals surface area contributed by atoms with E-state index in [9.17, 15) is 4.79 Å². The maximum absolute atomic E-state index is 11.8. The number of rotatable bonds is 5. The lowest BCUT2D eigenvalue weighted by molar-refractivity contribution is -0.111. The van der Waals surface area contributed by atoms with Gasteiger partial charge in [-0.05, 0) is 36.3 Å². The van der Waals surface area contributed by atoms with Crippen molar-refractivity contribution < 1.29 is 9.90 Å². The van der Waals surface area contributed by atoms with Crippen LogP contribution in [0, 0.1) is 0 Å². The molecule has 0 aliphatic heterocycles. The van der Waals surface area contributed by atoms with Gasteiger partial charge in [0.2, 0.25) is 5.91 Å². The lowest BCUT2D eigenvalue weighted by Crippen LogP contribution is -2.08. The minimum Gasteiger partial charge on any atom is -0.396 e. The van der Waals surface area contributed by atoms with Gasteiger partial charge in [-0.1, -0.05) is 12.1 Å². The number of hydrogen-bond acceptors (Lipinski definition) is 3. The molecule has 0 atom stereocenters. The molecule has 5 nitrogen and oxygen atoms in total. The first-order chi connectivity index (χ1) is 9.69. The Hall–Kier alpha value is -2.40. The zero-order valence-corrected chi connectivity index (χ0v) is 11.3. The average molecular weight is 271 g/mol. The molecule has 0 radical (unpaired) electrons. The molecule has 1 aromatic heterocycles. The second-order valence-electron chi connectivity index (χ2n) is 4.37. The highest BCUT2D eigenvalue weighted by atomic mass is 16.2. The zero-order chi connectivity index (χ0) is 14.4. The highest BCUT2D eigenvalue weighted by Crippen LogP contribution is 2.10. The van der Waals surface area contributed by atoms with E-state index in [1.165, 1.54) is 6.08 Å². The van der Waals surface area contributed by atoms with Gasteiger partial charge in [0.15, 0.2) is 0 Å². The zero-order valence-electron chi connectivity index (χ0n) is 11.3. The molecular weight excluding hydrogens is 254 g/mol. The number of aliphatic hydroxyl groups is 1. The molecule has 0 aliphatic carbocycles. The summed E-state index contributed by atoms with van der Waals surface area (Å²) in [6.45, 7) is 0.124. The van der Waals surface area contributed by atoms with E-state index in [1.54, 1.807) is 17.0 Å². The van der Waals surface area contributed by atoms with Crippen molar-refractivity contribution in [3.63, 3.8) is 0 Å². The Morgan fingerprint density at radius 2 is 2.10 bits per heavy atom. The Morgan fingerprint density at radius 1 is 1.35 bits per heavy atom. The highest BCUT2D eigenvalue weighted by molar-refractivity contribution is 6.01. The third-order valence-corrected chi connectivity index (χ3v) is 2.89. The van der Waals surface area contributed by atoms with E-state index < -0.39 is 0 Å². The number of nitrogens with one attached hydrogen (secondary N) is 1. The van der Waals surface area contributed by atoms with Crippen LogP contribution in [0.5, 0.6) is 0 Å². The number of aromatic nitrogens is 2. The Bertz CT molecular complexity index is 600. The van der Waals surface area contributed by atoms with Gasteiger partial charge in [0.25, 0.3) is 0 Å². The van der Waals surface area contributed by atoms with Crippen molar-refractivity contribution in [1.29, 1.82) is 0 Å². The highest BCUT2D eigenvalue weighted by Gasteiger charge is 1.99. The van der Waals surface area contributed by atoms with Crippen LogP contribution in [0.1, 0.15) is 11.3 Å². The molecule has 1 aromatic carbocycles. The summed E-state index contributed by atoms with van der Waals surface area (Å²) < 4.78 is 1.69. The lowest BCUT2D eigenvalue weighted by Gasteiger charge is -2.03. The van der Waals surface area contributed by atoms with Crippen molar-refractivity contribution in [2.75, 3.05) is 11.9 Å². The summed E-state index contributed by atoms with van der Waals surface area (Å²) in [5, 5.41) is 15.6. The fraction of sp³-hybridized carbons (Fsp3) is 0.200. The summed E-state index contributed by atoms with van der Waals surface area (Å²) in [6, 6.07) is 9.24. The van der Waals surface area contributed by atoms with Gasteiger partial charge < -0.3 is 10.4 Å². The summed E-state index contributed by atoms with van der Waals surface area (Å²) in [6.07, 6.45) is 5.48. The van der Waals surface area contributed by atoms with Gasteiger partial charge in [-0.15, -0.1) is 0 Å². The first kappa shape index (κ1) is 14.0. The molecule has 0 bridgehead atoms. The van der Waals surface area contributed by atoms with Crippen molar-refractivity contribution >= 4 is 17.7 Å². The van der Waals surface area contributed by atoms with Crippen molar-refractivity contribution in [2.45, 2.75) is 6.42 Å². The average Bonchev–Trinajstić information content (AvgIpc) is 2.84. The molecule has 104 valence electrons. The molecule has 1 heterocycles. The van der Waals surface area contributed by atoms with Crippen LogP contribution in [0.2, 0.25) is 0 Å². The third-order valence-electron chi connectivity index (χ3n) is 2.89. The Kier molecular flexibility index (Phi) is 4.68. The fourth-order valence-corrected chi connectivity index (χ4v) is 1.78. The quantitative estimate of drug-likeness (QED) is 0.812. The first-order valence-corrected chi connectivity index (χ1v) is 6.36. The molecule has 2 rings (SSSR count). The van der Waals surface area contributed by atoms with Crippen LogP contribution in [-0.4, -0.2) is 27.4 Å². The molecule has 0 unspecified atom stereocenters. The summed E-state index contributed by atoms with van der Waals surface area (Å²) in [5.74, 6) is -0.193. The Balaban J connectivity index is 1.94. The number of hydrogen-bond donors (Lipinski definition) is 2. The number of nitrogens with zero attached hydrogens (tertiary/aromatic N) is 2. The van der Waals surface area contributed by atoms with E-state index in [0.717, 1.165) is 16.9 Å². The number of amides is 1. The standard InChI is InChI=1S/C15H17N3O2/c1-18-14(8-10-16-18)6-7-15(20)17-13-4-2-12(3-5-13)9-11-19/h2-8,10,19H,9,11H2,1H3,(H,17,20)/b7-6+. The molecule has 0 spiro atoms. The number of aliphatic hydroxyl groups excluding tert-OH is 1. The van der Waals surface area contributed by atoms with Crippen LogP contribution in [0.4, 0.5) is 5.69 Å². The van der Waals surface area contributed by atoms with Crippen LogP contribution < -0.4 is 5.32 Å². The normalized spacial score (nSPS) is 10.9. The van der Waals surface area contributed by atoms with Gasteiger partial charge in [-0.2, -0.15) is 5.10 Å². The SMILES string of the molecule is Cn1nccc1/C=C/C(=O)Nc1ccc(CCO)cc1. The smallest absolute Gasteiger partial charge is 0.248 e. The number of anilines is 1. The topological polar surface area (TPSA) is 67.2 Å². The van der Waals surface area contributed by atoms with E-state index in [2.05, 4.69) is 10.4 Å². The molecule has 20 heavy (non-hydrogen) atoms. The molecule has 0 saturated carbocycles. The monoisotopic (exact) mass is 271 g/mol. The molecule has 5 heteroatoms. The number of benzene rings is 1. The summed E-state index contributed by atoms with van der Waals surface area (Å²) in [4.78, 5) is 11.8. The van der Waals surface area contributed by atoms with E-state index in [0.29, 0.717) is 6.42 Å². The number of aryl methyl sites for hydroxylation is 1. The predicted molar refractivity (Wildman–Crippen MR) is 78.1 cm³/mol. The molecule has 2 aromatic rings. The van der Waals surface area contributed by atoms with Crippen LogP contribution in [-0.2, 0) is 18.3 Å². The van der Waals surface area contributed by atoms with Crippen LogP contribution in [0.15, 0.2) is 42.6 Å². The maximum Gasteiger partial charge on any atom is 0.248 e. The van der Waals surface area contributed by atoms with Gasteiger partial charge in [0.05, 0.1) is 5.69 Å². The van der Waals surface area contributed by atoms with Gasteiger partial charge in [-0.3, -0.25) is 9.48 Å². The molecule has 0 aliphatic rings.